The molecule has 1 N–H and O–H groups in total. The van der Waals surface area contributed by atoms with Crippen molar-refractivity contribution in [2.45, 2.75) is 13.3 Å². The van der Waals surface area contributed by atoms with Crippen LogP contribution in [0.4, 0.5) is 5.69 Å². The van der Waals surface area contributed by atoms with Crippen LogP contribution in [0.25, 0.3) is 12.2 Å². The number of hydrogen-bond donors (Lipinski definition) is 1. The summed E-state index contributed by atoms with van der Waals surface area (Å²) in [5.41, 5.74) is 2.75. The monoisotopic (exact) mass is 252 g/mol. The number of nitrogens with one attached hydrogen (secondary N) is 1. The number of aromatic nitrogens is 1. The minimum Gasteiger partial charge on any atom is -0.326 e. The number of benzene rings is 1. The van der Waals surface area contributed by atoms with E-state index in [9.17, 15) is 4.79 Å². The summed E-state index contributed by atoms with van der Waals surface area (Å²) >= 11 is 0. The molecule has 3 nitrogen and oxygen atoms in total. The van der Waals surface area contributed by atoms with E-state index in [0.717, 1.165) is 16.9 Å². The molecule has 0 unspecified atom stereocenters. The second-order valence-electron chi connectivity index (χ2n) is 4.12. The molecule has 0 aliphatic rings. The van der Waals surface area contributed by atoms with Crippen molar-refractivity contribution in [1.82, 2.24) is 4.98 Å². The third kappa shape index (κ3) is 4.07. The Morgan fingerprint density at radius 3 is 2.84 bits per heavy atom. The number of rotatable bonds is 4. The van der Waals surface area contributed by atoms with Crippen molar-refractivity contribution in [3.63, 3.8) is 0 Å². The third-order valence-corrected chi connectivity index (χ3v) is 2.63. The highest BCUT2D eigenvalue weighted by Crippen LogP contribution is 2.13. The molecular weight excluding hydrogens is 236 g/mol. The van der Waals surface area contributed by atoms with Crippen LogP contribution in [0.15, 0.2) is 48.7 Å². The van der Waals surface area contributed by atoms with Gasteiger partial charge in [0.1, 0.15) is 0 Å². The van der Waals surface area contributed by atoms with Gasteiger partial charge in [-0.05, 0) is 35.9 Å². The van der Waals surface area contributed by atoms with Crippen LogP contribution in [0.1, 0.15) is 24.6 Å². The van der Waals surface area contributed by atoms with Gasteiger partial charge < -0.3 is 5.32 Å². The molecule has 2 aromatic rings. The SMILES string of the molecule is CCC(=O)Nc1cccc(/C=C/c2ccccn2)c1. The Kier molecular flexibility index (Phi) is 4.45. The maximum atomic E-state index is 11.3. The van der Waals surface area contributed by atoms with Crippen molar-refractivity contribution >= 4 is 23.7 Å². The lowest BCUT2D eigenvalue weighted by Gasteiger charge is -2.04. The number of anilines is 1. The molecule has 0 saturated carbocycles. The minimum atomic E-state index is 0.0193. The van der Waals surface area contributed by atoms with Crippen LogP contribution in [0.3, 0.4) is 0 Å². The number of amides is 1. The maximum absolute atomic E-state index is 11.3. The summed E-state index contributed by atoms with van der Waals surface area (Å²) in [4.78, 5) is 15.6. The van der Waals surface area contributed by atoms with Crippen LogP contribution in [0.5, 0.6) is 0 Å². The van der Waals surface area contributed by atoms with E-state index in [1.807, 2.05) is 61.5 Å². The minimum absolute atomic E-state index is 0.0193. The summed E-state index contributed by atoms with van der Waals surface area (Å²) in [7, 11) is 0. The van der Waals surface area contributed by atoms with Gasteiger partial charge in [-0.3, -0.25) is 9.78 Å². The number of nitrogens with zero attached hydrogens (tertiary/aromatic N) is 1. The van der Waals surface area contributed by atoms with Gasteiger partial charge in [0.2, 0.25) is 5.91 Å². The van der Waals surface area contributed by atoms with Crippen LogP contribution in [-0.4, -0.2) is 10.9 Å². The van der Waals surface area contributed by atoms with E-state index in [4.69, 9.17) is 0 Å². The van der Waals surface area contributed by atoms with E-state index in [0.29, 0.717) is 6.42 Å². The number of carbonyl (C=O) groups is 1. The number of pyridine rings is 1. The van der Waals surface area contributed by atoms with E-state index in [2.05, 4.69) is 10.3 Å². The van der Waals surface area contributed by atoms with Crippen molar-refractivity contribution in [3.8, 4) is 0 Å². The Morgan fingerprint density at radius 2 is 2.11 bits per heavy atom. The van der Waals surface area contributed by atoms with Gasteiger partial charge >= 0.3 is 0 Å². The smallest absolute Gasteiger partial charge is 0.224 e. The predicted octanol–water partition coefficient (Wildman–Crippen LogP) is 3.60. The molecule has 19 heavy (non-hydrogen) atoms. The highest BCUT2D eigenvalue weighted by Gasteiger charge is 1.98. The molecule has 0 aliphatic heterocycles. The molecule has 0 fully saturated rings. The third-order valence-electron chi connectivity index (χ3n) is 2.63. The van der Waals surface area contributed by atoms with Gasteiger partial charge in [-0.2, -0.15) is 0 Å². The molecule has 3 heteroatoms. The molecule has 0 saturated heterocycles. The van der Waals surface area contributed by atoms with Gasteiger partial charge in [-0.15, -0.1) is 0 Å². The fraction of sp³-hybridized carbons (Fsp3) is 0.125. The largest absolute Gasteiger partial charge is 0.326 e. The van der Waals surface area contributed by atoms with Crippen LogP contribution >= 0.6 is 0 Å². The second kappa shape index (κ2) is 6.50. The summed E-state index contributed by atoms with van der Waals surface area (Å²) < 4.78 is 0. The second-order valence-corrected chi connectivity index (χ2v) is 4.12. The zero-order valence-electron chi connectivity index (χ0n) is 10.8. The molecular formula is C16H16N2O. The average molecular weight is 252 g/mol. The van der Waals surface area contributed by atoms with Gasteiger partial charge in [-0.1, -0.05) is 31.2 Å². The summed E-state index contributed by atoms with van der Waals surface area (Å²) in [6.45, 7) is 1.83. The fourth-order valence-corrected chi connectivity index (χ4v) is 1.63. The normalized spacial score (nSPS) is 10.6. The molecule has 2 rings (SSSR count). The highest BCUT2D eigenvalue weighted by molar-refractivity contribution is 5.90. The summed E-state index contributed by atoms with van der Waals surface area (Å²) in [6, 6.07) is 13.5. The fourth-order valence-electron chi connectivity index (χ4n) is 1.63. The van der Waals surface area contributed by atoms with Crippen molar-refractivity contribution < 1.29 is 4.79 Å². The van der Waals surface area contributed by atoms with Gasteiger partial charge in [-0.25, -0.2) is 0 Å². The van der Waals surface area contributed by atoms with Gasteiger partial charge in [0.25, 0.3) is 0 Å². The van der Waals surface area contributed by atoms with Crippen molar-refractivity contribution in [1.29, 1.82) is 0 Å². The van der Waals surface area contributed by atoms with E-state index >= 15 is 0 Å². The Balaban J connectivity index is 2.11. The predicted molar refractivity (Wildman–Crippen MR) is 78.5 cm³/mol. The molecule has 0 spiro atoms. The number of carbonyl (C=O) groups excluding carboxylic acids is 1. The molecule has 0 atom stereocenters. The average Bonchev–Trinajstić information content (AvgIpc) is 2.46. The van der Waals surface area contributed by atoms with Gasteiger partial charge in [0.15, 0.2) is 0 Å². The highest BCUT2D eigenvalue weighted by atomic mass is 16.1. The van der Waals surface area contributed by atoms with E-state index in [1.54, 1.807) is 6.20 Å². The topological polar surface area (TPSA) is 42.0 Å². The van der Waals surface area contributed by atoms with Gasteiger partial charge in [0, 0.05) is 18.3 Å². The molecule has 96 valence electrons. The van der Waals surface area contributed by atoms with E-state index < -0.39 is 0 Å². The first-order valence-electron chi connectivity index (χ1n) is 6.27. The zero-order valence-corrected chi connectivity index (χ0v) is 10.8. The maximum Gasteiger partial charge on any atom is 0.224 e. The lowest BCUT2D eigenvalue weighted by molar-refractivity contribution is -0.115. The van der Waals surface area contributed by atoms with Crippen LogP contribution < -0.4 is 5.32 Å². The lowest BCUT2D eigenvalue weighted by atomic mass is 10.1. The van der Waals surface area contributed by atoms with Crippen LogP contribution in [-0.2, 0) is 4.79 Å². The first kappa shape index (κ1) is 13.0. The number of hydrogen-bond acceptors (Lipinski definition) is 2. The zero-order chi connectivity index (χ0) is 13.5. The molecule has 0 bridgehead atoms. The molecule has 0 aliphatic carbocycles. The molecule has 0 radical (unpaired) electrons. The first-order valence-corrected chi connectivity index (χ1v) is 6.27. The standard InChI is InChI=1S/C16H16N2O/c1-2-16(19)18-15-8-5-6-13(12-15)9-10-14-7-3-4-11-17-14/h3-12H,2H2,1H3,(H,18,19)/b10-9+. The Labute approximate surface area is 113 Å². The van der Waals surface area contributed by atoms with E-state index in [1.165, 1.54) is 0 Å². The molecule has 1 amide bonds. The van der Waals surface area contributed by atoms with Crippen LogP contribution in [0, 0.1) is 0 Å². The molecule has 1 heterocycles. The Morgan fingerprint density at radius 1 is 1.21 bits per heavy atom. The van der Waals surface area contributed by atoms with Crippen molar-refractivity contribution in [3.05, 3.63) is 59.9 Å². The summed E-state index contributed by atoms with van der Waals surface area (Å²) in [5, 5.41) is 2.84. The van der Waals surface area contributed by atoms with E-state index in [-0.39, 0.29) is 5.91 Å². The lowest BCUT2D eigenvalue weighted by Crippen LogP contribution is -2.09. The van der Waals surface area contributed by atoms with Crippen molar-refractivity contribution in [2.75, 3.05) is 5.32 Å². The molecule has 1 aromatic heterocycles. The summed E-state index contributed by atoms with van der Waals surface area (Å²) in [6.07, 6.45) is 6.16. The van der Waals surface area contributed by atoms with Crippen LogP contribution in [0.2, 0.25) is 0 Å². The Hall–Kier alpha value is -2.42. The van der Waals surface area contributed by atoms with Crippen molar-refractivity contribution in [2.24, 2.45) is 0 Å². The first-order chi connectivity index (χ1) is 9.28. The Bertz CT molecular complexity index is 576. The summed E-state index contributed by atoms with van der Waals surface area (Å²) in [5.74, 6) is 0.0193. The molecule has 1 aromatic carbocycles. The quantitative estimate of drug-likeness (QED) is 0.903. The van der Waals surface area contributed by atoms with Gasteiger partial charge in [0.05, 0.1) is 5.69 Å².